The quantitative estimate of drug-likeness (QED) is 0.808. The zero-order valence-corrected chi connectivity index (χ0v) is 9.00. The highest BCUT2D eigenvalue weighted by atomic mass is 19.1. The molecular formula is C13H14FNO. The Bertz CT molecular complexity index is 432. The Balaban J connectivity index is 1.75. The van der Waals surface area contributed by atoms with Crippen LogP contribution in [0.25, 0.3) is 0 Å². The van der Waals surface area contributed by atoms with Gasteiger partial charge < -0.3 is 5.32 Å². The summed E-state index contributed by atoms with van der Waals surface area (Å²) < 4.78 is 13.1. The van der Waals surface area contributed by atoms with Gasteiger partial charge in [-0.25, -0.2) is 4.39 Å². The Morgan fingerprint density at radius 1 is 1.44 bits per heavy atom. The molecule has 0 aromatic heterocycles. The van der Waals surface area contributed by atoms with Crippen molar-refractivity contribution in [3.05, 3.63) is 35.6 Å². The summed E-state index contributed by atoms with van der Waals surface area (Å²) in [7, 11) is 0. The molecule has 16 heavy (non-hydrogen) atoms. The monoisotopic (exact) mass is 219 g/mol. The lowest BCUT2D eigenvalue weighted by atomic mass is 9.57. The largest absolute Gasteiger partial charge is 0.355 e. The highest BCUT2D eigenvalue weighted by Gasteiger charge is 2.51. The van der Waals surface area contributed by atoms with Gasteiger partial charge in [0.2, 0.25) is 5.91 Å². The van der Waals surface area contributed by atoms with Crippen LogP contribution in [-0.2, 0) is 11.2 Å². The molecule has 1 N–H and O–H groups in total. The minimum absolute atomic E-state index is 0.176. The third-order valence-corrected chi connectivity index (χ3v) is 3.84. The van der Waals surface area contributed by atoms with E-state index in [4.69, 9.17) is 0 Å². The maximum Gasteiger partial charge on any atom is 0.223 e. The number of amides is 1. The van der Waals surface area contributed by atoms with Crippen molar-refractivity contribution in [2.45, 2.75) is 19.3 Å². The number of halogens is 1. The van der Waals surface area contributed by atoms with Gasteiger partial charge in [-0.1, -0.05) is 12.1 Å². The number of nitrogens with one attached hydrogen (secondary N) is 1. The van der Waals surface area contributed by atoms with Crippen molar-refractivity contribution < 1.29 is 9.18 Å². The molecule has 1 saturated carbocycles. The lowest BCUT2D eigenvalue weighted by molar-refractivity contribution is -0.140. The normalized spacial score (nSPS) is 31.8. The molecule has 2 nitrogen and oxygen atoms in total. The molecule has 0 unspecified atom stereocenters. The number of fused-ring (bicyclic) bond motifs is 2. The fourth-order valence-corrected chi connectivity index (χ4v) is 3.02. The zero-order valence-electron chi connectivity index (χ0n) is 9.00. The number of carbonyl (C=O) groups excluding carboxylic acids is 1. The second-order valence-corrected chi connectivity index (χ2v) is 5.13. The van der Waals surface area contributed by atoms with Crippen molar-refractivity contribution in [3.63, 3.8) is 0 Å². The minimum Gasteiger partial charge on any atom is -0.355 e. The van der Waals surface area contributed by atoms with Crippen LogP contribution >= 0.6 is 0 Å². The van der Waals surface area contributed by atoms with E-state index in [1.165, 1.54) is 6.07 Å². The van der Waals surface area contributed by atoms with Gasteiger partial charge in [-0.05, 0) is 42.4 Å². The molecule has 2 saturated heterocycles. The molecule has 1 aromatic carbocycles. The van der Waals surface area contributed by atoms with Gasteiger partial charge in [-0.15, -0.1) is 0 Å². The third kappa shape index (κ3) is 1.51. The highest BCUT2D eigenvalue weighted by Crippen LogP contribution is 2.50. The van der Waals surface area contributed by atoms with E-state index in [0.29, 0.717) is 0 Å². The third-order valence-electron chi connectivity index (χ3n) is 3.84. The summed E-state index contributed by atoms with van der Waals surface area (Å²) in [4.78, 5) is 11.3. The summed E-state index contributed by atoms with van der Waals surface area (Å²) in [6.07, 6.45) is 2.81. The molecule has 3 fully saturated rings. The summed E-state index contributed by atoms with van der Waals surface area (Å²) in [5.74, 6) is 0.230. The van der Waals surface area contributed by atoms with Crippen LogP contribution in [0.5, 0.6) is 0 Å². The first-order valence-corrected chi connectivity index (χ1v) is 5.69. The van der Waals surface area contributed by atoms with Gasteiger partial charge in [0.05, 0.1) is 0 Å². The molecule has 84 valence electrons. The predicted molar refractivity (Wildman–Crippen MR) is 58.3 cm³/mol. The Labute approximate surface area is 93.9 Å². The first-order chi connectivity index (χ1) is 7.67. The molecule has 1 aromatic rings. The number of carbonyl (C=O) groups is 1. The van der Waals surface area contributed by atoms with E-state index in [2.05, 4.69) is 5.32 Å². The first kappa shape index (κ1) is 9.82. The fourth-order valence-electron chi connectivity index (χ4n) is 3.02. The molecule has 4 rings (SSSR count). The zero-order chi connectivity index (χ0) is 11.2. The lowest BCUT2D eigenvalue weighted by Gasteiger charge is -2.51. The van der Waals surface area contributed by atoms with Crippen molar-refractivity contribution in [1.29, 1.82) is 0 Å². The number of hydrogen-bond acceptors (Lipinski definition) is 1. The molecule has 1 amide bonds. The summed E-state index contributed by atoms with van der Waals surface area (Å²) in [6.45, 7) is 0.749. The predicted octanol–water partition coefficient (Wildman–Crippen LogP) is 1.89. The van der Waals surface area contributed by atoms with Crippen LogP contribution in [-0.4, -0.2) is 12.5 Å². The van der Waals surface area contributed by atoms with Crippen molar-refractivity contribution in [3.8, 4) is 0 Å². The topological polar surface area (TPSA) is 29.1 Å². The van der Waals surface area contributed by atoms with Crippen molar-refractivity contribution >= 4 is 5.91 Å². The van der Waals surface area contributed by atoms with E-state index in [1.54, 1.807) is 12.1 Å². The smallest absolute Gasteiger partial charge is 0.223 e. The van der Waals surface area contributed by atoms with E-state index in [-0.39, 0.29) is 23.1 Å². The van der Waals surface area contributed by atoms with E-state index in [0.717, 1.165) is 31.4 Å². The van der Waals surface area contributed by atoms with Gasteiger partial charge in [0, 0.05) is 12.5 Å². The Morgan fingerprint density at radius 3 is 2.88 bits per heavy atom. The number of rotatable bonds is 2. The van der Waals surface area contributed by atoms with Crippen molar-refractivity contribution in [2.75, 3.05) is 6.54 Å². The van der Waals surface area contributed by atoms with Gasteiger partial charge in [-0.3, -0.25) is 4.79 Å². The van der Waals surface area contributed by atoms with Crippen LogP contribution in [0.4, 0.5) is 4.39 Å². The maximum absolute atomic E-state index is 13.1. The van der Waals surface area contributed by atoms with Gasteiger partial charge in [-0.2, -0.15) is 0 Å². The molecular weight excluding hydrogens is 205 g/mol. The van der Waals surface area contributed by atoms with Gasteiger partial charge >= 0.3 is 0 Å². The van der Waals surface area contributed by atoms with E-state index in [1.807, 2.05) is 6.07 Å². The van der Waals surface area contributed by atoms with Crippen LogP contribution in [0.3, 0.4) is 0 Å². The van der Waals surface area contributed by atoms with Crippen molar-refractivity contribution in [2.24, 2.45) is 11.3 Å². The SMILES string of the molecule is O=C1NCC2(Cc3cccc(F)c3)CC1C2. The Hall–Kier alpha value is -1.38. The lowest BCUT2D eigenvalue weighted by Crippen LogP contribution is -2.58. The van der Waals surface area contributed by atoms with Gasteiger partial charge in [0.1, 0.15) is 5.82 Å². The van der Waals surface area contributed by atoms with Gasteiger partial charge in [0.15, 0.2) is 0 Å². The van der Waals surface area contributed by atoms with E-state index < -0.39 is 0 Å². The molecule has 0 atom stereocenters. The van der Waals surface area contributed by atoms with Crippen LogP contribution in [0, 0.1) is 17.2 Å². The summed E-state index contributed by atoms with van der Waals surface area (Å²) in [6, 6.07) is 6.77. The first-order valence-electron chi connectivity index (χ1n) is 5.69. The summed E-state index contributed by atoms with van der Waals surface area (Å²) in [5.41, 5.74) is 1.24. The Morgan fingerprint density at radius 2 is 2.25 bits per heavy atom. The molecule has 2 bridgehead atoms. The fraction of sp³-hybridized carbons (Fsp3) is 0.462. The second kappa shape index (κ2) is 3.30. The van der Waals surface area contributed by atoms with Gasteiger partial charge in [0.25, 0.3) is 0 Å². The molecule has 3 heteroatoms. The van der Waals surface area contributed by atoms with Crippen LogP contribution in [0.15, 0.2) is 24.3 Å². The molecule has 3 aliphatic rings. The Kier molecular flexibility index (Phi) is 2.03. The van der Waals surface area contributed by atoms with E-state index >= 15 is 0 Å². The second-order valence-electron chi connectivity index (χ2n) is 5.13. The highest BCUT2D eigenvalue weighted by molar-refractivity contribution is 5.81. The summed E-state index contributed by atoms with van der Waals surface area (Å²) >= 11 is 0. The number of benzene rings is 1. The standard InChI is InChI=1S/C13H14FNO/c14-11-3-1-2-9(4-11)5-13-6-10(7-13)12(16)15-8-13/h1-4,10H,5-8H2,(H,15,16). The summed E-state index contributed by atoms with van der Waals surface area (Å²) in [5, 5.41) is 2.92. The van der Waals surface area contributed by atoms with Crippen LogP contribution in [0.2, 0.25) is 0 Å². The van der Waals surface area contributed by atoms with Crippen LogP contribution < -0.4 is 5.32 Å². The molecule has 2 heterocycles. The number of hydrogen-bond donors (Lipinski definition) is 1. The average Bonchev–Trinajstić information content (AvgIpc) is 2.19. The van der Waals surface area contributed by atoms with E-state index in [9.17, 15) is 9.18 Å². The molecule has 0 radical (unpaired) electrons. The number of piperidine rings is 2. The maximum atomic E-state index is 13.1. The molecule has 1 aliphatic carbocycles. The average molecular weight is 219 g/mol. The minimum atomic E-state index is -0.176. The molecule has 0 spiro atoms. The van der Waals surface area contributed by atoms with Crippen molar-refractivity contribution in [1.82, 2.24) is 5.32 Å². The molecule has 2 aliphatic heterocycles. The van der Waals surface area contributed by atoms with Crippen LogP contribution in [0.1, 0.15) is 18.4 Å².